The van der Waals surface area contributed by atoms with E-state index in [1.165, 1.54) is 5.56 Å². The van der Waals surface area contributed by atoms with Gasteiger partial charge in [0.2, 0.25) is 0 Å². The molecule has 15 heavy (non-hydrogen) atoms. The van der Waals surface area contributed by atoms with Crippen LogP contribution in [0.3, 0.4) is 0 Å². The summed E-state index contributed by atoms with van der Waals surface area (Å²) in [6, 6.07) is 4.09. The Hall–Kier alpha value is -1.09. The van der Waals surface area contributed by atoms with Gasteiger partial charge in [0.25, 0.3) is 0 Å². The molecular formula is C12H18N2O. The van der Waals surface area contributed by atoms with Gasteiger partial charge in [0.1, 0.15) is 5.82 Å². The predicted molar refractivity (Wildman–Crippen MR) is 61.0 cm³/mol. The van der Waals surface area contributed by atoms with Crippen LogP contribution in [0.2, 0.25) is 0 Å². The van der Waals surface area contributed by atoms with Gasteiger partial charge in [-0.3, -0.25) is 0 Å². The zero-order chi connectivity index (χ0) is 10.8. The molecule has 0 amide bonds. The fraction of sp³-hybridized carbons (Fsp3) is 0.583. The summed E-state index contributed by atoms with van der Waals surface area (Å²) in [6.45, 7) is 5.83. The molecule has 3 nitrogen and oxygen atoms in total. The summed E-state index contributed by atoms with van der Waals surface area (Å²) in [5, 5.41) is 9.79. The van der Waals surface area contributed by atoms with Gasteiger partial charge >= 0.3 is 0 Å². The number of β-amino-alcohol motifs (C(OH)–C–C–N with tert-alkyl or cyclic N) is 1. The van der Waals surface area contributed by atoms with E-state index in [9.17, 15) is 5.11 Å². The highest BCUT2D eigenvalue weighted by Gasteiger charge is 2.24. The van der Waals surface area contributed by atoms with E-state index in [1.807, 2.05) is 19.2 Å². The maximum Gasteiger partial charge on any atom is 0.128 e. The Balaban J connectivity index is 2.08. The number of aryl methyl sites for hydroxylation is 1. The number of rotatable bonds is 1. The first-order valence-corrected chi connectivity index (χ1v) is 5.52. The van der Waals surface area contributed by atoms with Crippen molar-refractivity contribution in [3.63, 3.8) is 0 Å². The van der Waals surface area contributed by atoms with Crippen LogP contribution in [-0.2, 0) is 0 Å². The van der Waals surface area contributed by atoms with Crippen molar-refractivity contribution in [3.05, 3.63) is 23.9 Å². The molecule has 0 bridgehead atoms. The zero-order valence-electron chi connectivity index (χ0n) is 9.35. The summed E-state index contributed by atoms with van der Waals surface area (Å²) in [6.07, 6.45) is 2.69. The third kappa shape index (κ3) is 2.29. The van der Waals surface area contributed by atoms with Gasteiger partial charge in [-0.2, -0.15) is 0 Å². The van der Waals surface area contributed by atoms with E-state index < -0.39 is 0 Å². The van der Waals surface area contributed by atoms with Crippen LogP contribution in [0, 0.1) is 12.8 Å². The molecule has 82 valence electrons. The van der Waals surface area contributed by atoms with E-state index in [1.54, 1.807) is 0 Å². The summed E-state index contributed by atoms with van der Waals surface area (Å²) in [4.78, 5) is 6.53. The van der Waals surface area contributed by atoms with Gasteiger partial charge in [-0.25, -0.2) is 4.98 Å². The minimum absolute atomic E-state index is 0.221. The SMILES string of the molecule is Cc1ccc(N2CCC(C)C(O)C2)nc1. The Bertz CT molecular complexity index is 323. The number of anilines is 1. The largest absolute Gasteiger partial charge is 0.391 e. The van der Waals surface area contributed by atoms with Crippen LogP contribution in [0.5, 0.6) is 0 Å². The molecule has 2 heterocycles. The van der Waals surface area contributed by atoms with Gasteiger partial charge in [-0.1, -0.05) is 13.0 Å². The first kappa shape index (κ1) is 10.4. The normalized spacial score (nSPS) is 26.7. The minimum atomic E-state index is -0.221. The Kier molecular flexibility index (Phi) is 2.91. The fourth-order valence-corrected chi connectivity index (χ4v) is 1.90. The van der Waals surface area contributed by atoms with Crippen molar-refractivity contribution in [3.8, 4) is 0 Å². The van der Waals surface area contributed by atoms with Crippen molar-refractivity contribution in [2.45, 2.75) is 26.4 Å². The molecule has 1 N–H and O–H groups in total. The second kappa shape index (κ2) is 4.19. The van der Waals surface area contributed by atoms with Crippen LogP contribution in [0.25, 0.3) is 0 Å². The summed E-state index contributed by atoms with van der Waals surface area (Å²) >= 11 is 0. The third-order valence-corrected chi connectivity index (χ3v) is 3.14. The lowest BCUT2D eigenvalue weighted by atomic mass is 9.96. The lowest BCUT2D eigenvalue weighted by Gasteiger charge is -2.35. The molecule has 0 radical (unpaired) electrons. The third-order valence-electron chi connectivity index (χ3n) is 3.14. The maximum atomic E-state index is 9.79. The number of aromatic nitrogens is 1. The second-order valence-corrected chi connectivity index (χ2v) is 4.47. The summed E-state index contributed by atoms with van der Waals surface area (Å²) in [5.41, 5.74) is 1.17. The lowest BCUT2D eigenvalue weighted by molar-refractivity contribution is 0.102. The quantitative estimate of drug-likeness (QED) is 0.758. The molecular weight excluding hydrogens is 188 g/mol. The maximum absolute atomic E-state index is 9.79. The van der Waals surface area contributed by atoms with Gasteiger partial charge in [0.05, 0.1) is 6.10 Å². The smallest absolute Gasteiger partial charge is 0.128 e. The highest BCUT2D eigenvalue weighted by atomic mass is 16.3. The number of hydrogen-bond acceptors (Lipinski definition) is 3. The number of nitrogens with zero attached hydrogens (tertiary/aromatic N) is 2. The molecule has 3 heteroatoms. The molecule has 1 saturated heterocycles. The molecule has 0 saturated carbocycles. The average molecular weight is 206 g/mol. The number of piperidine rings is 1. The van der Waals surface area contributed by atoms with Crippen molar-refractivity contribution in [1.82, 2.24) is 4.98 Å². The van der Waals surface area contributed by atoms with Gasteiger partial charge in [-0.15, -0.1) is 0 Å². The van der Waals surface area contributed by atoms with E-state index in [4.69, 9.17) is 0 Å². The minimum Gasteiger partial charge on any atom is -0.391 e. The molecule has 2 rings (SSSR count). The molecule has 1 aliphatic rings. The van der Waals surface area contributed by atoms with Crippen molar-refractivity contribution in [1.29, 1.82) is 0 Å². The topological polar surface area (TPSA) is 36.4 Å². The molecule has 1 aliphatic heterocycles. The van der Waals surface area contributed by atoms with Crippen LogP contribution in [0.4, 0.5) is 5.82 Å². The standard InChI is InChI=1S/C12H18N2O/c1-9-3-4-12(13-7-9)14-6-5-10(2)11(15)8-14/h3-4,7,10-11,15H,5-6,8H2,1-2H3. The first-order chi connectivity index (χ1) is 7.16. The van der Waals surface area contributed by atoms with Crippen LogP contribution in [0.1, 0.15) is 18.9 Å². The van der Waals surface area contributed by atoms with Crippen molar-refractivity contribution in [2.24, 2.45) is 5.92 Å². The molecule has 1 aromatic heterocycles. The van der Waals surface area contributed by atoms with Gasteiger partial charge in [-0.05, 0) is 30.9 Å². The second-order valence-electron chi connectivity index (χ2n) is 4.47. The molecule has 1 aromatic rings. The monoisotopic (exact) mass is 206 g/mol. The Morgan fingerprint density at radius 3 is 2.87 bits per heavy atom. The van der Waals surface area contributed by atoms with Gasteiger partial charge in [0.15, 0.2) is 0 Å². The lowest BCUT2D eigenvalue weighted by Crippen LogP contribution is -2.43. The van der Waals surface area contributed by atoms with E-state index in [2.05, 4.69) is 22.9 Å². The summed E-state index contributed by atoms with van der Waals surface area (Å²) < 4.78 is 0. The molecule has 0 aromatic carbocycles. The molecule has 2 unspecified atom stereocenters. The summed E-state index contributed by atoms with van der Waals surface area (Å²) in [5.74, 6) is 1.39. The molecule has 0 spiro atoms. The average Bonchev–Trinajstić information content (AvgIpc) is 2.23. The fourth-order valence-electron chi connectivity index (χ4n) is 1.90. The highest BCUT2D eigenvalue weighted by molar-refractivity contribution is 5.39. The van der Waals surface area contributed by atoms with Crippen LogP contribution in [0.15, 0.2) is 18.3 Å². The Morgan fingerprint density at radius 1 is 1.47 bits per heavy atom. The molecule has 1 fully saturated rings. The van der Waals surface area contributed by atoms with Crippen molar-refractivity contribution >= 4 is 5.82 Å². The first-order valence-electron chi connectivity index (χ1n) is 5.52. The van der Waals surface area contributed by atoms with Crippen molar-refractivity contribution < 1.29 is 5.11 Å². The van der Waals surface area contributed by atoms with Gasteiger partial charge in [0, 0.05) is 19.3 Å². The Morgan fingerprint density at radius 2 is 2.27 bits per heavy atom. The number of aliphatic hydroxyl groups is 1. The molecule has 0 aliphatic carbocycles. The Labute approximate surface area is 90.8 Å². The van der Waals surface area contributed by atoms with Gasteiger partial charge < -0.3 is 10.0 Å². The predicted octanol–water partition coefficient (Wildman–Crippen LogP) is 1.60. The van der Waals surface area contributed by atoms with E-state index in [0.29, 0.717) is 12.5 Å². The number of aliphatic hydroxyl groups excluding tert-OH is 1. The number of pyridine rings is 1. The number of hydrogen-bond donors (Lipinski definition) is 1. The molecule has 2 atom stereocenters. The van der Waals surface area contributed by atoms with E-state index >= 15 is 0 Å². The van der Waals surface area contributed by atoms with Crippen molar-refractivity contribution in [2.75, 3.05) is 18.0 Å². The van der Waals surface area contributed by atoms with E-state index in [0.717, 1.165) is 18.8 Å². The summed E-state index contributed by atoms with van der Waals surface area (Å²) in [7, 11) is 0. The zero-order valence-corrected chi connectivity index (χ0v) is 9.35. The van der Waals surface area contributed by atoms with Crippen LogP contribution >= 0.6 is 0 Å². The van der Waals surface area contributed by atoms with E-state index in [-0.39, 0.29) is 6.10 Å². The van der Waals surface area contributed by atoms with Crippen LogP contribution < -0.4 is 4.90 Å². The van der Waals surface area contributed by atoms with Crippen LogP contribution in [-0.4, -0.2) is 29.3 Å². The highest BCUT2D eigenvalue weighted by Crippen LogP contribution is 2.21.